The summed E-state index contributed by atoms with van der Waals surface area (Å²) in [6, 6.07) is 13.5. The number of Topliss-reactive ketones (excluding diaryl/α,β-unsaturated/α-hetero) is 1. The van der Waals surface area contributed by atoms with Crippen molar-refractivity contribution < 1.29 is 24.0 Å². The van der Waals surface area contributed by atoms with Crippen LogP contribution in [0.5, 0.6) is 11.5 Å². The van der Waals surface area contributed by atoms with Crippen molar-refractivity contribution in [3.8, 4) is 11.5 Å². The Kier molecular flexibility index (Phi) is 7.52. The first-order valence-corrected chi connectivity index (χ1v) is 10.6. The smallest absolute Gasteiger partial charge is 0.277 e. The highest BCUT2D eigenvalue weighted by atomic mass is 16.5. The van der Waals surface area contributed by atoms with Crippen LogP contribution in [-0.4, -0.2) is 70.6 Å². The van der Waals surface area contributed by atoms with Crippen molar-refractivity contribution in [1.82, 2.24) is 4.90 Å². The van der Waals surface area contributed by atoms with Gasteiger partial charge in [-0.15, -0.1) is 0 Å². The molecule has 1 aliphatic rings. The molecular weight excluding hydrogens is 394 g/mol. The first-order chi connectivity index (χ1) is 14.9. The normalized spacial score (nSPS) is 14.3. The Balaban J connectivity index is 1.52. The van der Waals surface area contributed by atoms with E-state index in [-0.39, 0.29) is 11.7 Å². The molecule has 3 rings (SSSR count). The molecule has 2 aromatic carbocycles. The van der Waals surface area contributed by atoms with Crippen LogP contribution in [0.25, 0.3) is 0 Å². The zero-order chi connectivity index (χ0) is 22.4. The maximum absolute atomic E-state index is 12.8. The zero-order valence-corrected chi connectivity index (χ0v) is 18.8. The average molecular weight is 427 g/mol. The van der Waals surface area contributed by atoms with E-state index in [9.17, 15) is 9.59 Å². The molecule has 0 bridgehead atoms. The van der Waals surface area contributed by atoms with Gasteiger partial charge in [0.2, 0.25) is 0 Å². The number of quaternary nitrogens is 1. The molecule has 166 valence electrons. The molecule has 1 N–H and O–H groups in total. The van der Waals surface area contributed by atoms with Gasteiger partial charge in [-0.25, -0.2) is 0 Å². The second kappa shape index (κ2) is 10.3. The van der Waals surface area contributed by atoms with E-state index in [4.69, 9.17) is 9.47 Å². The van der Waals surface area contributed by atoms with E-state index in [0.29, 0.717) is 24.6 Å². The van der Waals surface area contributed by atoms with Crippen molar-refractivity contribution in [3.63, 3.8) is 0 Å². The second-order valence-electron chi connectivity index (χ2n) is 7.92. The molecular formula is C24H32N3O4+. The van der Waals surface area contributed by atoms with E-state index in [0.717, 1.165) is 43.0 Å². The van der Waals surface area contributed by atoms with Crippen LogP contribution in [0.15, 0.2) is 42.5 Å². The van der Waals surface area contributed by atoms with Crippen LogP contribution in [0.2, 0.25) is 0 Å². The first-order valence-electron chi connectivity index (χ1n) is 10.6. The largest absolute Gasteiger partial charge is 0.493 e. The number of carbonyl (C=O) groups is 2. The van der Waals surface area contributed by atoms with E-state index in [1.807, 2.05) is 49.5 Å². The number of ketones is 1. The minimum atomic E-state index is 0.0787. The summed E-state index contributed by atoms with van der Waals surface area (Å²) in [4.78, 5) is 29.6. The highest BCUT2D eigenvalue weighted by molar-refractivity contribution is 5.94. The van der Waals surface area contributed by atoms with Gasteiger partial charge in [-0.3, -0.25) is 9.59 Å². The quantitative estimate of drug-likeness (QED) is 0.644. The molecule has 7 nitrogen and oxygen atoms in total. The number of para-hydroxylation sites is 1. The third-order valence-corrected chi connectivity index (χ3v) is 5.83. The van der Waals surface area contributed by atoms with Crippen molar-refractivity contribution in [2.45, 2.75) is 13.5 Å². The van der Waals surface area contributed by atoms with Gasteiger partial charge < -0.3 is 24.2 Å². The summed E-state index contributed by atoms with van der Waals surface area (Å²) < 4.78 is 10.8. The van der Waals surface area contributed by atoms with E-state index in [1.54, 1.807) is 26.0 Å². The van der Waals surface area contributed by atoms with E-state index < -0.39 is 0 Å². The van der Waals surface area contributed by atoms with Gasteiger partial charge in [0.15, 0.2) is 23.8 Å². The van der Waals surface area contributed by atoms with Crippen molar-refractivity contribution in [2.75, 3.05) is 58.9 Å². The Hall–Kier alpha value is -3.06. The number of rotatable bonds is 8. The Morgan fingerprint density at radius 1 is 1.03 bits per heavy atom. The molecule has 0 saturated carbocycles. The molecule has 0 radical (unpaired) electrons. The fourth-order valence-corrected chi connectivity index (χ4v) is 3.94. The lowest BCUT2D eigenvalue weighted by Gasteiger charge is -2.34. The highest BCUT2D eigenvalue weighted by Crippen LogP contribution is 2.31. The molecule has 2 aromatic rings. The summed E-state index contributed by atoms with van der Waals surface area (Å²) in [5, 5.41) is 0. The predicted octanol–water partition coefficient (Wildman–Crippen LogP) is 1.27. The molecule has 0 aromatic heterocycles. The number of amides is 1. The maximum Gasteiger partial charge on any atom is 0.277 e. The number of benzene rings is 2. The SMILES string of the molecule is COc1cccc(CN(C)C(=O)C[NH+]2CCN(c3ccc(C(C)=O)cc3)CC2)c1OC. The number of nitrogens with one attached hydrogen (secondary N) is 1. The molecule has 0 unspecified atom stereocenters. The second-order valence-corrected chi connectivity index (χ2v) is 7.92. The van der Waals surface area contributed by atoms with Crippen LogP contribution in [0.3, 0.4) is 0 Å². The molecule has 0 spiro atoms. The number of ether oxygens (including phenoxy) is 2. The summed E-state index contributed by atoms with van der Waals surface area (Å²) in [5.74, 6) is 1.52. The minimum Gasteiger partial charge on any atom is -0.493 e. The summed E-state index contributed by atoms with van der Waals surface area (Å²) in [6.45, 7) is 6.09. The van der Waals surface area contributed by atoms with Gasteiger partial charge in [0, 0.05) is 30.4 Å². The summed E-state index contributed by atoms with van der Waals surface area (Å²) in [7, 11) is 5.05. The predicted molar refractivity (Wildman–Crippen MR) is 120 cm³/mol. The number of anilines is 1. The third-order valence-electron chi connectivity index (χ3n) is 5.83. The fraction of sp³-hybridized carbons (Fsp3) is 0.417. The standard InChI is InChI=1S/C24H31N3O4/c1-18(28)19-8-10-21(11-9-19)27-14-12-26(13-15-27)17-23(29)25(2)16-20-6-5-7-22(30-3)24(20)31-4/h5-11H,12-17H2,1-4H3/p+1. The molecule has 31 heavy (non-hydrogen) atoms. The minimum absolute atomic E-state index is 0.0787. The van der Waals surface area contributed by atoms with E-state index >= 15 is 0 Å². The van der Waals surface area contributed by atoms with E-state index in [2.05, 4.69) is 4.90 Å². The van der Waals surface area contributed by atoms with Crippen LogP contribution in [-0.2, 0) is 11.3 Å². The van der Waals surface area contributed by atoms with Gasteiger partial charge in [0.05, 0.1) is 40.4 Å². The van der Waals surface area contributed by atoms with Crippen LogP contribution >= 0.6 is 0 Å². The van der Waals surface area contributed by atoms with Gasteiger partial charge in [-0.1, -0.05) is 12.1 Å². The van der Waals surface area contributed by atoms with E-state index in [1.165, 1.54) is 4.90 Å². The topological polar surface area (TPSA) is 63.5 Å². The van der Waals surface area contributed by atoms with Crippen LogP contribution < -0.4 is 19.3 Å². The molecule has 1 saturated heterocycles. The lowest BCUT2D eigenvalue weighted by molar-refractivity contribution is -0.892. The van der Waals surface area contributed by atoms with Crippen molar-refractivity contribution >= 4 is 17.4 Å². The molecule has 0 atom stereocenters. The third kappa shape index (κ3) is 5.55. The molecule has 7 heteroatoms. The Morgan fingerprint density at radius 3 is 2.29 bits per heavy atom. The van der Waals surface area contributed by atoms with Gasteiger partial charge in [0.1, 0.15) is 0 Å². The number of hydrogen-bond acceptors (Lipinski definition) is 5. The summed E-state index contributed by atoms with van der Waals surface area (Å²) in [5.41, 5.74) is 2.78. The Morgan fingerprint density at radius 2 is 1.71 bits per heavy atom. The van der Waals surface area contributed by atoms with Crippen LogP contribution in [0.1, 0.15) is 22.8 Å². The number of likely N-dealkylation sites (N-methyl/N-ethyl adjacent to an activating group) is 1. The first kappa shape index (κ1) is 22.6. The summed E-state index contributed by atoms with van der Waals surface area (Å²) >= 11 is 0. The molecule has 1 heterocycles. The van der Waals surface area contributed by atoms with Crippen molar-refractivity contribution in [1.29, 1.82) is 0 Å². The Labute approximate surface area is 184 Å². The van der Waals surface area contributed by atoms with Gasteiger partial charge in [0.25, 0.3) is 5.91 Å². The Bertz CT molecular complexity index is 906. The molecule has 1 fully saturated rings. The highest BCUT2D eigenvalue weighted by Gasteiger charge is 2.24. The van der Waals surface area contributed by atoms with Gasteiger partial charge in [-0.2, -0.15) is 0 Å². The number of piperazine rings is 1. The van der Waals surface area contributed by atoms with Gasteiger partial charge >= 0.3 is 0 Å². The number of methoxy groups -OCH3 is 2. The van der Waals surface area contributed by atoms with Crippen molar-refractivity contribution in [3.05, 3.63) is 53.6 Å². The average Bonchev–Trinajstić information content (AvgIpc) is 2.79. The number of hydrogen-bond donors (Lipinski definition) is 1. The lowest BCUT2D eigenvalue weighted by atomic mass is 10.1. The van der Waals surface area contributed by atoms with Crippen LogP contribution in [0.4, 0.5) is 5.69 Å². The van der Waals surface area contributed by atoms with Crippen LogP contribution in [0, 0.1) is 0 Å². The van der Waals surface area contributed by atoms with Gasteiger partial charge in [-0.05, 0) is 37.3 Å². The maximum atomic E-state index is 12.8. The lowest BCUT2D eigenvalue weighted by Crippen LogP contribution is -3.15. The van der Waals surface area contributed by atoms with Crippen molar-refractivity contribution in [2.24, 2.45) is 0 Å². The zero-order valence-electron chi connectivity index (χ0n) is 18.8. The monoisotopic (exact) mass is 426 g/mol. The molecule has 1 amide bonds. The number of nitrogens with zero attached hydrogens (tertiary/aromatic N) is 2. The molecule has 0 aliphatic carbocycles. The summed E-state index contributed by atoms with van der Waals surface area (Å²) in [6.07, 6.45) is 0. The molecule has 1 aliphatic heterocycles. The number of carbonyl (C=O) groups excluding carboxylic acids is 2. The fourth-order valence-electron chi connectivity index (χ4n) is 3.94.